The minimum Gasteiger partial charge on any atom is -0.356 e. The lowest BCUT2D eigenvalue weighted by Gasteiger charge is -2.27. The third-order valence-corrected chi connectivity index (χ3v) is 6.02. The average Bonchev–Trinajstić information content (AvgIpc) is 3.29. The van der Waals surface area contributed by atoms with Gasteiger partial charge in [0.25, 0.3) is 11.8 Å². The van der Waals surface area contributed by atoms with Crippen LogP contribution in [0.1, 0.15) is 32.0 Å². The first kappa shape index (κ1) is 19.6. The Balaban J connectivity index is 1.31. The van der Waals surface area contributed by atoms with Gasteiger partial charge in [0.2, 0.25) is 5.91 Å². The van der Waals surface area contributed by atoms with E-state index >= 15 is 0 Å². The molecule has 2 aliphatic rings. The molecule has 0 radical (unpaired) electrons. The predicted molar refractivity (Wildman–Crippen MR) is 111 cm³/mol. The number of fused-ring (bicyclic) bond motifs is 2. The van der Waals surface area contributed by atoms with Crippen molar-refractivity contribution in [2.45, 2.75) is 13.0 Å². The van der Waals surface area contributed by atoms with Gasteiger partial charge in [-0.05, 0) is 48.9 Å². The summed E-state index contributed by atoms with van der Waals surface area (Å²) in [5, 5.41) is 4.08. The minimum absolute atomic E-state index is 0.216. The quantitative estimate of drug-likeness (QED) is 0.533. The monoisotopic (exact) mass is 483 g/mol. The normalized spacial score (nSPS) is 15.3. The number of aromatic nitrogens is 1. The molecular weight excluding hydrogens is 469 g/mol. The van der Waals surface area contributed by atoms with Crippen molar-refractivity contribution in [3.8, 4) is 11.3 Å². The van der Waals surface area contributed by atoms with Crippen LogP contribution in [0, 0.1) is 5.82 Å². The van der Waals surface area contributed by atoms with Crippen molar-refractivity contribution in [1.82, 2.24) is 15.0 Å². The Morgan fingerprint density at radius 1 is 1.10 bits per heavy atom. The van der Waals surface area contributed by atoms with Crippen LogP contribution in [-0.2, 0) is 17.8 Å². The minimum atomic E-state index is -0.479. The summed E-state index contributed by atoms with van der Waals surface area (Å²) in [4.78, 5) is 40.6. The van der Waals surface area contributed by atoms with Crippen molar-refractivity contribution >= 4 is 33.7 Å². The second kappa shape index (κ2) is 7.42. The largest absolute Gasteiger partial charge is 0.356 e. The zero-order valence-corrected chi connectivity index (χ0v) is 17.7. The Labute approximate surface area is 184 Å². The van der Waals surface area contributed by atoms with Crippen molar-refractivity contribution in [1.29, 1.82) is 0 Å². The molecular formula is C22H15BrFN3O4. The van der Waals surface area contributed by atoms with Gasteiger partial charge < -0.3 is 9.42 Å². The molecule has 3 aromatic rings. The molecule has 0 saturated carbocycles. The molecule has 0 fully saturated rings. The van der Waals surface area contributed by atoms with Crippen LogP contribution >= 0.6 is 15.9 Å². The van der Waals surface area contributed by atoms with E-state index in [0.29, 0.717) is 40.0 Å². The number of rotatable bonds is 3. The number of halogens is 2. The van der Waals surface area contributed by atoms with E-state index in [1.165, 1.54) is 12.1 Å². The second-order valence-electron chi connectivity index (χ2n) is 7.40. The molecule has 2 aromatic carbocycles. The average molecular weight is 484 g/mol. The molecule has 3 heterocycles. The Hall–Kier alpha value is -3.33. The van der Waals surface area contributed by atoms with Crippen molar-refractivity contribution in [3.63, 3.8) is 0 Å². The predicted octanol–water partition coefficient (Wildman–Crippen LogP) is 3.42. The van der Waals surface area contributed by atoms with E-state index < -0.39 is 11.8 Å². The summed E-state index contributed by atoms with van der Waals surface area (Å²) < 4.78 is 19.3. The summed E-state index contributed by atoms with van der Waals surface area (Å²) in [7, 11) is 0. The van der Waals surface area contributed by atoms with E-state index in [1.807, 2.05) is 0 Å². The van der Waals surface area contributed by atoms with E-state index in [-0.39, 0.29) is 30.4 Å². The van der Waals surface area contributed by atoms with Crippen LogP contribution in [-0.4, -0.2) is 45.8 Å². The van der Waals surface area contributed by atoms with Crippen molar-refractivity contribution in [2.75, 3.05) is 13.1 Å². The summed E-state index contributed by atoms with van der Waals surface area (Å²) in [5.41, 5.74) is 2.79. The zero-order valence-electron chi connectivity index (χ0n) is 16.1. The molecule has 7 nitrogen and oxygen atoms in total. The van der Waals surface area contributed by atoms with Gasteiger partial charge in [0.15, 0.2) is 5.76 Å². The number of carbonyl (C=O) groups excluding carboxylic acids is 3. The first-order valence-electron chi connectivity index (χ1n) is 9.59. The summed E-state index contributed by atoms with van der Waals surface area (Å²) in [6.45, 7) is 0.283. The first-order valence-corrected chi connectivity index (χ1v) is 10.4. The maximum Gasteiger partial charge on any atom is 0.262 e. The van der Waals surface area contributed by atoms with Gasteiger partial charge in [-0.2, -0.15) is 0 Å². The Bertz CT molecular complexity index is 1240. The Morgan fingerprint density at radius 3 is 2.61 bits per heavy atom. The lowest BCUT2D eigenvalue weighted by atomic mass is 10.0. The van der Waals surface area contributed by atoms with Crippen molar-refractivity contribution in [3.05, 3.63) is 75.1 Å². The van der Waals surface area contributed by atoms with Crippen LogP contribution in [0.15, 0.2) is 51.5 Å². The molecule has 0 aliphatic carbocycles. The van der Waals surface area contributed by atoms with E-state index in [4.69, 9.17) is 4.52 Å². The van der Waals surface area contributed by atoms with E-state index in [0.717, 1.165) is 10.5 Å². The highest BCUT2D eigenvalue weighted by atomic mass is 79.9. The fourth-order valence-electron chi connectivity index (χ4n) is 3.91. The Morgan fingerprint density at radius 2 is 1.84 bits per heavy atom. The third-order valence-electron chi connectivity index (χ3n) is 5.53. The first-order chi connectivity index (χ1) is 14.9. The van der Waals surface area contributed by atoms with Gasteiger partial charge in [0, 0.05) is 22.1 Å². The Kier molecular flexibility index (Phi) is 4.70. The molecule has 3 amide bonds. The molecule has 156 valence electrons. The summed E-state index contributed by atoms with van der Waals surface area (Å²) in [5.74, 6) is -1.07. The number of carbonyl (C=O) groups is 3. The number of amides is 3. The molecule has 1 aromatic heterocycles. The molecule has 0 N–H and O–H groups in total. The van der Waals surface area contributed by atoms with Crippen LogP contribution in [0.25, 0.3) is 11.3 Å². The zero-order chi connectivity index (χ0) is 21.7. The number of hydrogen-bond acceptors (Lipinski definition) is 5. The van der Waals surface area contributed by atoms with Gasteiger partial charge in [-0.3, -0.25) is 19.3 Å². The summed E-state index contributed by atoms with van der Waals surface area (Å²) >= 11 is 3.29. The SMILES string of the molecule is O=C(CN1C(=O)c2ccc(Br)cc2C1=O)N1CCc2c(noc2-c2ccc(F)cc2)C1. The third kappa shape index (κ3) is 3.34. The smallest absolute Gasteiger partial charge is 0.262 e. The summed E-state index contributed by atoms with van der Waals surface area (Å²) in [6, 6.07) is 10.8. The van der Waals surface area contributed by atoms with E-state index in [2.05, 4.69) is 21.1 Å². The lowest BCUT2D eigenvalue weighted by Crippen LogP contribution is -2.44. The van der Waals surface area contributed by atoms with Gasteiger partial charge in [0.1, 0.15) is 18.1 Å². The van der Waals surface area contributed by atoms with Gasteiger partial charge in [0.05, 0.1) is 17.7 Å². The van der Waals surface area contributed by atoms with Crippen LogP contribution in [0.5, 0.6) is 0 Å². The molecule has 0 bridgehead atoms. The number of hydrogen-bond donors (Lipinski definition) is 0. The highest BCUT2D eigenvalue weighted by Gasteiger charge is 2.38. The van der Waals surface area contributed by atoms with E-state index in [9.17, 15) is 18.8 Å². The molecule has 0 spiro atoms. The second-order valence-corrected chi connectivity index (χ2v) is 8.31. The molecule has 0 saturated heterocycles. The number of imide groups is 1. The number of benzene rings is 2. The molecule has 9 heteroatoms. The van der Waals surface area contributed by atoms with Gasteiger partial charge in [-0.15, -0.1) is 0 Å². The fourth-order valence-corrected chi connectivity index (χ4v) is 4.27. The topological polar surface area (TPSA) is 83.7 Å². The van der Waals surface area contributed by atoms with Crippen LogP contribution < -0.4 is 0 Å². The standard InChI is InChI=1S/C22H15BrFN3O4/c23-13-3-6-15-17(9-13)22(30)27(21(15)29)11-19(28)26-8-7-16-18(10-26)25-31-20(16)12-1-4-14(24)5-2-12/h1-6,9H,7-8,10-11H2. The summed E-state index contributed by atoms with van der Waals surface area (Å²) in [6.07, 6.45) is 0.506. The maximum atomic E-state index is 13.2. The molecule has 31 heavy (non-hydrogen) atoms. The lowest BCUT2D eigenvalue weighted by molar-refractivity contribution is -0.132. The van der Waals surface area contributed by atoms with Gasteiger partial charge in [-0.25, -0.2) is 4.39 Å². The van der Waals surface area contributed by atoms with Crippen LogP contribution in [0.2, 0.25) is 0 Å². The van der Waals surface area contributed by atoms with Crippen molar-refractivity contribution in [2.24, 2.45) is 0 Å². The highest BCUT2D eigenvalue weighted by molar-refractivity contribution is 9.10. The van der Waals surface area contributed by atoms with Gasteiger partial charge in [-0.1, -0.05) is 21.1 Å². The van der Waals surface area contributed by atoms with Crippen molar-refractivity contribution < 1.29 is 23.3 Å². The van der Waals surface area contributed by atoms with Crippen LogP contribution in [0.4, 0.5) is 4.39 Å². The fraction of sp³-hybridized carbons (Fsp3) is 0.182. The van der Waals surface area contributed by atoms with E-state index in [1.54, 1.807) is 35.2 Å². The maximum absolute atomic E-state index is 13.2. The molecule has 0 atom stereocenters. The molecule has 0 unspecified atom stereocenters. The van der Waals surface area contributed by atoms with Crippen LogP contribution in [0.3, 0.4) is 0 Å². The highest BCUT2D eigenvalue weighted by Crippen LogP contribution is 2.31. The van der Waals surface area contributed by atoms with Gasteiger partial charge >= 0.3 is 0 Å². The molecule has 5 rings (SSSR count). The molecule has 2 aliphatic heterocycles. The number of nitrogens with zero attached hydrogens (tertiary/aromatic N) is 3.